The Kier molecular flexibility index (Phi) is 3.41. The third kappa shape index (κ3) is 2.92. The third-order valence-electron chi connectivity index (χ3n) is 1.02. The Morgan fingerprint density at radius 2 is 2.55 bits per heavy atom. The molecular weight excluding hydrogens is 166 g/mol. The third-order valence-corrected chi connectivity index (χ3v) is 2.02. The molecule has 0 aliphatic rings. The first kappa shape index (κ1) is 8.58. The summed E-state index contributed by atoms with van der Waals surface area (Å²) in [4.78, 5) is 3.83. The number of oxazole rings is 1. The zero-order chi connectivity index (χ0) is 8.10. The van der Waals surface area contributed by atoms with Crippen molar-refractivity contribution in [2.45, 2.75) is 11.3 Å². The van der Waals surface area contributed by atoms with Gasteiger partial charge < -0.3 is 14.6 Å². The smallest absolute Gasteiger partial charge is 0.255 e. The van der Waals surface area contributed by atoms with Crippen LogP contribution >= 0.6 is 11.8 Å². The lowest BCUT2D eigenvalue weighted by atomic mass is 10.4. The highest BCUT2D eigenvalue weighted by atomic mass is 32.2. The second kappa shape index (κ2) is 4.38. The van der Waals surface area contributed by atoms with Gasteiger partial charge >= 0.3 is 0 Å². The number of aliphatic hydroxyl groups excluding tert-OH is 2. The first-order valence-electron chi connectivity index (χ1n) is 3.14. The molecule has 0 bridgehead atoms. The largest absolute Gasteiger partial charge is 0.440 e. The number of rotatable bonds is 4. The predicted octanol–water partition coefficient (Wildman–Crippen LogP) is 0.120. The SMILES string of the molecule is OCC(O)CSc1ncco1. The molecule has 0 amide bonds. The first-order chi connectivity index (χ1) is 5.33. The summed E-state index contributed by atoms with van der Waals surface area (Å²) < 4.78 is 4.89. The summed E-state index contributed by atoms with van der Waals surface area (Å²) in [7, 11) is 0. The van der Waals surface area contributed by atoms with Crippen molar-refractivity contribution in [2.24, 2.45) is 0 Å². The van der Waals surface area contributed by atoms with Crippen molar-refractivity contribution in [2.75, 3.05) is 12.4 Å². The Hall–Kier alpha value is -0.520. The minimum absolute atomic E-state index is 0.228. The van der Waals surface area contributed by atoms with Gasteiger partial charge in [0, 0.05) is 5.75 Å². The van der Waals surface area contributed by atoms with Crippen molar-refractivity contribution in [3.05, 3.63) is 12.5 Å². The molecule has 4 nitrogen and oxygen atoms in total. The van der Waals surface area contributed by atoms with Crippen LogP contribution in [0.4, 0.5) is 0 Å². The minimum atomic E-state index is -0.702. The number of hydrogen-bond donors (Lipinski definition) is 2. The molecule has 0 spiro atoms. The summed E-state index contributed by atoms with van der Waals surface area (Å²) in [5.74, 6) is 0.400. The van der Waals surface area contributed by atoms with Crippen LogP contribution in [0.15, 0.2) is 22.1 Å². The predicted molar refractivity (Wildman–Crippen MR) is 40.3 cm³/mol. The fourth-order valence-corrected chi connectivity index (χ4v) is 1.20. The maximum absolute atomic E-state index is 8.92. The molecule has 0 fully saturated rings. The first-order valence-corrected chi connectivity index (χ1v) is 4.12. The molecule has 0 aliphatic carbocycles. The van der Waals surface area contributed by atoms with Crippen LogP contribution in [0.3, 0.4) is 0 Å². The second-order valence-electron chi connectivity index (χ2n) is 1.95. The van der Waals surface area contributed by atoms with E-state index >= 15 is 0 Å². The van der Waals surface area contributed by atoms with Crippen LogP contribution < -0.4 is 0 Å². The summed E-state index contributed by atoms with van der Waals surface area (Å²) in [6.07, 6.45) is 2.30. The minimum Gasteiger partial charge on any atom is -0.440 e. The highest BCUT2D eigenvalue weighted by Crippen LogP contribution is 2.15. The molecule has 0 aromatic carbocycles. The average Bonchev–Trinajstić information content (AvgIpc) is 2.52. The van der Waals surface area contributed by atoms with E-state index in [1.165, 1.54) is 24.2 Å². The van der Waals surface area contributed by atoms with E-state index in [0.29, 0.717) is 11.0 Å². The molecule has 2 N–H and O–H groups in total. The Morgan fingerprint density at radius 1 is 1.73 bits per heavy atom. The Balaban J connectivity index is 2.23. The maximum atomic E-state index is 8.92. The molecule has 0 radical (unpaired) electrons. The number of hydrogen-bond acceptors (Lipinski definition) is 5. The van der Waals surface area contributed by atoms with E-state index in [4.69, 9.17) is 14.6 Å². The van der Waals surface area contributed by atoms with Crippen molar-refractivity contribution >= 4 is 11.8 Å². The van der Waals surface area contributed by atoms with Crippen LogP contribution in [0.5, 0.6) is 0 Å². The summed E-state index contributed by atoms with van der Waals surface area (Å²) in [6, 6.07) is 0. The molecule has 0 saturated carbocycles. The molecule has 11 heavy (non-hydrogen) atoms. The van der Waals surface area contributed by atoms with E-state index in [9.17, 15) is 0 Å². The Bertz CT molecular complexity index is 190. The maximum Gasteiger partial charge on any atom is 0.255 e. The number of aliphatic hydroxyl groups is 2. The van der Waals surface area contributed by atoms with Crippen LogP contribution in [0.2, 0.25) is 0 Å². The standard InChI is InChI=1S/C6H9NO3S/c8-3-5(9)4-11-6-7-1-2-10-6/h1-2,5,8-9H,3-4H2. The van der Waals surface area contributed by atoms with Gasteiger partial charge in [0.2, 0.25) is 0 Å². The molecule has 1 atom stereocenters. The highest BCUT2D eigenvalue weighted by Gasteiger charge is 2.04. The van der Waals surface area contributed by atoms with Crippen molar-refractivity contribution in [1.29, 1.82) is 0 Å². The van der Waals surface area contributed by atoms with Gasteiger partial charge in [-0.15, -0.1) is 0 Å². The molecule has 1 unspecified atom stereocenters. The molecular formula is C6H9NO3S. The van der Waals surface area contributed by atoms with Gasteiger partial charge in [-0.2, -0.15) is 0 Å². The summed E-state index contributed by atoms with van der Waals surface area (Å²) >= 11 is 1.27. The van der Waals surface area contributed by atoms with E-state index in [1.54, 1.807) is 0 Å². The summed E-state index contributed by atoms with van der Waals surface area (Å²) in [5.41, 5.74) is 0. The fraction of sp³-hybridized carbons (Fsp3) is 0.500. The molecule has 1 rings (SSSR count). The average molecular weight is 175 g/mol. The Labute approximate surface area is 68.3 Å². The fourth-order valence-electron chi connectivity index (χ4n) is 0.502. The normalized spacial score (nSPS) is 13.3. The Morgan fingerprint density at radius 3 is 3.09 bits per heavy atom. The van der Waals surface area contributed by atoms with Gasteiger partial charge in [0.25, 0.3) is 5.22 Å². The van der Waals surface area contributed by atoms with Crippen LogP contribution in [0.25, 0.3) is 0 Å². The van der Waals surface area contributed by atoms with E-state index in [0.717, 1.165) is 0 Å². The van der Waals surface area contributed by atoms with Gasteiger partial charge in [0.1, 0.15) is 6.26 Å². The zero-order valence-corrected chi connectivity index (χ0v) is 6.62. The van der Waals surface area contributed by atoms with Crippen LogP contribution in [0.1, 0.15) is 0 Å². The van der Waals surface area contributed by atoms with E-state index in [-0.39, 0.29) is 6.61 Å². The van der Waals surface area contributed by atoms with Gasteiger partial charge in [0.05, 0.1) is 18.9 Å². The summed E-state index contributed by atoms with van der Waals surface area (Å²) in [5, 5.41) is 17.9. The second-order valence-corrected chi connectivity index (χ2v) is 2.92. The molecule has 0 aliphatic heterocycles. The van der Waals surface area contributed by atoms with Crippen LogP contribution in [0, 0.1) is 0 Å². The van der Waals surface area contributed by atoms with Crippen LogP contribution in [-0.4, -0.2) is 33.7 Å². The quantitative estimate of drug-likeness (QED) is 0.636. The summed E-state index contributed by atoms with van der Waals surface area (Å²) in [6.45, 7) is -0.228. The van der Waals surface area contributed by atoms with Crippen molar-refractivity contribution in [3.8, 4) is 0 Å². The zero-order valence-electron chi connectivity index (χ0n) is 5.80. The van der Waals surface area contributed by atoms with E-state index < -0.39 is 6.10 Å². The lowest BCUT2D eigenvalue weighted by Crippen LogP contribution is -2.14. The monoisotopic (exact) mass is 175 g/mol. The molecule has 1 aromatic rings. The van der Waals surface area contributed by atoms with Gasteiger partial charge in [-0.05, 0) is 0 Å². The lowest BCUT2D eigenvalue weighted by Gasteiger charge is -2.02. The molecule has 62 valence electrons. The van der Waals surface area contributed by atoms with Gasteiger partial charge in [-0.25, -0.2) is 4.98 Å². The number of nitrogens with zero attached hydrogens (tertiary/aromatic N) is 1. The highest BCUT2D eigenvalue weighted by molar-refractivity contribution is 7.99. The van der Waals surface area contributed by atoms with Crippen molar-refractivity contribution in [1.82, 2.24) is 4.98 Å². The number of aromatic nitrogens is 1. The van der Waals surface area contributed by atoms with Gasteiger partial charge in [-0.1, -0.05) is 11.8 Å². The number of thioether (sulfide) groups is 1. The van der Waals surface area contributed by atoms with E-state index in [1.807, 2.05) is 0 Å². The van der Waals surface area contributed by atoms with E-state index in [2.05, 4.69) is 4.98 Å². The molecule has 1 heterocycles. The molecule has 5 heteroatoms. The van der Waals surface area contributed by atoms with Crippen molar-refractivity contribution < 1.29 is 14.6 Å². The van der Waals surface area contributed by atoms with Gasteiger partial charge in [-0.3, -0.25) is 0 Å². The topological polar surface area (TPSA) is 66.5 Å². The molecule has 0 saturated heterocycles. The lowest BCUT2D eigenvalue weighted by molar-refractivity contribution is 0.113. The molecule has 1 aromatic heterocycles. The van der Waals surface area contributed by atoms with Crippen molar-refractivity contribution in [3.63, 3.8) is 0 Å². The van der Waals surface area contributed by atoms with Crippen LogP contribution in [-0.2, 0) is 0 Å². The van der Waals surface area contributed by atoms with Gasteiger partial charge in [0.15, 0.2) is 0 Å².